The highest BCUT2D eigenvalue weighted by molar-refractivity contribution is 6.18. The number of aryl methyl sites for hydroxylation is 1. The van der Waals surface area contributed by atoms with Crippen LogP contribution in [0.3, 0.4) is 0 Å². The molecule has 0 fully saturated rings. The largest absolute Gasteiger partial charge is 0.478 e. The van der Waals surface area contributed by atoms with Gasteiger partial charge in [-0.05, 0) is 23.6 Å². The predicted octanol–water partition coefficient (Wildman–Crippen LogP) is 2.56. The molecular weight excluding hydrogens is 214 g/mol. The normalized spacial score (nSPS) is 9.67. The highest BCUT2D eigenvalue weighted by atomic mass is 35.5. The number of alkyl halides is 1. The second-order valence-electron chi connectivity index (χ2n) is 3.03. The molecule has 1 N–H and O–H groups in total. The SMILES string of the molecule is CCc1ccc(C#N)c(CCl)c1C(=O)O. The van der Waals surface area contributed by atoms with E-state index in [0.717, 1.165) is 0 Å². The van der Waals surface area contributed by atoms with Crippen LogP contribution in [0.1, 0.15) is 34.0 Å². The molecule has 0 unspecified atom stereocenters. The summed E-state index contributed by atoms with van der Waals surface area (Å²) < 4.78 is 0. The molecule has 0 spiro atoms. The van der Waals surface area contributed by atoms with Crippen molar-refractivity contribution in [1.82, 2.24) is 0 Å². The van der Waals surface area contributed by atoms with E-state index in [0.29, 0.717) is 23.1 Å². The Hall–Kier alpha value is -1.53. The molecule has 0 bridgehead atoms. The lowest BCUT2D eigenvalue weighted by atomic mass is 9.96. The average Bonchev–Trinajstić information content (AvgIpc) is 2.26. The van der Waals surface area contributed by atoms with Crippen molar-refractivity contribution in [3.63, 3.8) is 0 Å². The molecular formula is C11H10ClNO2. The minimum Gasteiger partial charge on any atom is -0.478 e. The number of benzene rings is 1. The fraction of sp³-hybridized carbons (Fsp3) is 0.273. The molecule has 0 amide bonds. The summed E-state index contributed by atoms with van der Waals surface area (Å²) in [7, 11) is 0. The van der Waals surface area contributed by atoms with E-state index in [9.17, 15) is 4.79 Å². The molecule has 0 aliphatic rings. The Bertz CT molecular complexity index is 435. The molecule has 78 valence electrons. The lowest BCUT2D eigenvalue weighted by Crippen LogP contribution is -2.08. The number of aromatic carboxylic acids is 1. The van der Waals surface area contributed by atoms with Gasteiger partial charge in [0.05, 0.1) is 17.2 Å². The van der Waals surface area contributed by atoms with Crippen LogP contribution < -0.4 is 0 Å². The van der Waals surface area contributed by atoms with Gasteiger partial charge in [0.25, 0.3) is 0 Å². The molecule has 0 saturated heterocycles. The minimum atomic E-state index is -1.03. The lowest BCUT2D eigenvalue weighted by Gasteiger charge is -2.09. The first-order valence-corrected chi connectivity index (χ1v) is 5.03. The Morgan fingerprint density at radius 1 is 1.60 bits per heavy atom. The van der Waals surface area contributed by atoms with Crippen molar-refractivity contribution in [3.8, 4) is 6.07 Å². The van der Waals surface area contributed by atoms with Gasteiger partial charge in [-0.3, -0.25) is 0 Å². The van der Waals surface area contributed by atoms with Crippen LogP contribution in [0.15, 0.2) is 12.1 Å². The van der Waals surface area contributed by atoms with E-state index in [1.165, 1.54) is 0 Å². The maximum absolute atomic E-state index is 11.1. The van der Waals surface area contributed by atoms with Gasteiger partial charge in [0, 0.05) is 5.88 Å². The monoisotopic (exact) mass is 223 g/mol. The Labute approximate surface area is 92.9 Å². The summed E-state index contributed by atoms with van der Waals surface area (Å²) in [5, 5.41) is 17.9. The maximum Gasteiger partial charge on any atom is 0.336 e. The van der Waals surface area contributed by atoms with E-state index in [4.69, 9.17) is 22.0 Å². The molecule has 0 aliphatic heterocycles. The molecule has 1 aromatic rings. The first kappa shape index (κ1) is 11.5. The van der Waals surface area contributed by atoms with Crippen LogP contribution in [0, 0.1) is 11.3 Å². The number of nitrogens with zero attached hydrogens (tertiary/aromatic N) is 1. The molecule has 0 saturated carbocycles. The predicted molar refractivity (Wildman–Crippen MR) is 57.1 cm³/mol. The third-order valence-electron chi connectivity index (χ3n) is 2.25. The van der Waals surface area contributed by atoms with Gasteiger partial charge in [-0.15, -0.1) is 11.6 Å². The smallest absolute Gasteiger partial charge is 0.336 e. The zero-order valence-electron chi connectivity index (χ0n) is 8.25. The van der Waals surface area contributed by atoms with Gasteiger partial charge in [-0.2, -0.15) is 5.26 Å². The van der Waals surface area contributed by atoms with Crippen LogP contribution in [0.4, 0.5) is 0 Å². The molecule has 0 atom stereocenters. The van der Waals surface area contributed by atoms with Crippen molar-refractivity contribution in [2.45, 2.75) is 19.2 Å². The Balaban J connectivity index is 3.53. The molecule has 15 heavy (non-hydrogen) atoms. The quantitative estimate of drug-likeness (QED) is 0.801. The van der Waals surface area contributed by atoms with Gasteiger partial charge >= 0.3 is 5.97 Å². The number of carbonyl (C=O) groups is 1. The second kappa shape index (κ2) is 4.81. The van der Waals surface area contributed by atoms with Crippen LogP contribution in [-0.4, -0.2) is 11.1 Å². The Morgan fingerprint density at radius 2 is 2.27 bits per heavy atom. The number of carboxylic acid groups (broad SMARTS) is 1. The Kier molecular flexibility index (Phi) is 3.70. The fourth-order valence-electron chi connectivity index (χ4n) is 1.50. The van der Waals surface area contributed by atoms with E-state index in [2.05, 4.69) is 0 Å². The number of rotatable bonds is 3. The third-order valence-corrected chi connectivity index (χ3v) is 2.52. The number of carboxylic acids is 1. The Morgan fingerprint density at radius 3 is 2.67 bits per heavy atom. The van der Waals surface area contributed by atoms with E-state index < -0.39 is 5.97 Å². The van der Waals surface area contributed by atoms with Gasteiger partial charge in [0.1, 0.15) is 0 Å². The molecule has 0 heterocycles. The molecule has 4 heteroatoms. The lowest BCUT2D eigenvalue weighted by molar-refractivity contribution is 0.0695. The van der Waals surface area contributed by atoms with Crippen LogP contribution in [-0.2, 0) is 12.3 Å². The molecule has 0 radical (unpaired) electrons. The van der Waals surface area contributed by atoms with Crippen LogP contribution in [0.2, 0.25) is 0 Å². The van der Waals surface area contributed by atoms with E-state index in [1.807, 2.05) is 13.0 Å². The van der Waals surface area contributed by atoms with E-state index >= 15 is 0 Å². The van der Waals surface area contributed by atoms with Gasteiger partial charge in [-0.25, -0.2) is 4.79 Å². The molecule has 0 aliphatic carbocycles. The number of nitriles is 1. The van der Waals surface area contributed by atoms with E-state index in [1.54, 1.807) is 12.1 Å². The van der Waals surface area contributed by atoms with Gasteiger partial charge in [-0.1, -0.05) is 13.0 Å². The van der Waals surface area contributed by atoms with Crippen LogP contribution >= 0.6 is 11.6 Å². The third kappa shape index (κ3) is 2.11. The van der Waals surface area contributed by atoms with E-state index in [-0.39, 0.29) is 11.4 Å². The number of hydrogen-bond donors (Lipinski definition) is 1. The summed E-state index contributed by atoms with van der Waals surface area (Å²) in [5.41, 5.74) is 1.62. The first-order chi connectivity index (χ1) is 7.15. The van der Waals surface area contributed by atoms with Gasteiger partial charge in [0.2, 0.25) is 0 Å². The molecule has 1 rings (SSSR count). The van der Waals surface area contributed by atoms with Gasteiger partial charge in [0.15, 0.2) is 0 Å². The summed E-state index contributed by atoms with van der Waals surface area (Å²) >= 11 is 5.67. The van der Waals surface area contributed by atoms with Crippen LogP contribution in [0.5, 0.6) is 0 Å². The van der Waals surface area contributed by atoms with Crippen molar-refractivity contribution in [2.24, 2.45) is 0 Å². The summed E-state index contributed by atoms with van der Waals surface area (Å²) in [6, 6.07) is 5.22. The highest BCUT2D eigenvalue weighted by Crippen LogP contribution is 2.21. The van der Waals surface area contributed by atoms with Crippen molar-refractivity contribution in [1.29, 1.82) is 5.26 Å². The summed E-state index contributed by atoms with van der Waals surface area (Å²) in [4.78, 5) is 11.1. The number of halogens is 1. The molecule has 1 aromatic carbocycles. The van der Waals surface area contributed by atoms with Crippen molar-refractivity contribution in [3.05, 3.63) is 34.4 Å². The average molecular weight is 224 g/mol. The van der Waals surface area contributed by atoms with Crippen molar-refractivity contribution < 1.29 is 9.90 Å². The maximum atomic E-state index is 11.1. The minimum absolute atomic E-state index is 0.0400. The van der Waals surface area contributed by atoms with Crippen LogP contribution in [0.25, 0.3) is 0 Å². The molecule has 0 aromatic heterocycles. The van der Waals surface area contributed by atoms with Gasteiger partial charge < -0.3 is 5.11 Å². The standard InChI is InChI=1S/C11H10ClNO2/c1-2-7-3-4-8(6-13)9(5-12)10(7)11(14)15/h3-4H,2,5H2,1H3,(H,14,15). The first-order valence-electron chi connectivity index (χ1n) is 4.49. The highest BCUT2D eigenvalue weighted by Gasteiger charge is 2.17. The second-order valence-corrected chi connectivity index (χ2v) is 3.30. The summed E-state index contributed by atoms with van der Waals surface area (Å²) in [6.45, 7) is 1.87. The summed E-state index contributed by atoms with van der Waals surface area (Å²) in [5.74, 6) is -0.988. The number of hydrogen-bond acceptors (Lipinski definition) is 2. The zero-order valence-corrected chi connectivity index (χ0v) is 9.01. The van der Waals surface area contributed by atoms with Crippen molar-refractivity contribution >= 4 is 17.6 Å². The molecule has 3 nitrogen and oxygen atoms in total. The zero-order chi connectivity index (χ0) is 11.4. The fourth-order valence-corrected chi connectivity index (χ4v) is 1.78. The topological polar surface area (TPSA) is 61.1 Å². The summed E-state index contributed by atoms with van der Waals surface area (Å²) in [6.07, 6.45) is 0.608. The van der Waals surface area contributed by atoms with Crippen molar-refractivity contribution in [2.75, 3.05) is 0 Å².